The largest absolute Gasteiger partial charge is 0.369 e. The fraction of sp³-hybridized carbons (Fsp3) is 0.360. The molecule has 1 aromatic heterocycles. The van der Waals surface area contributed by atoms with Crippen molar-refractivity contribution in [1.29, 1.82) is 0 Å². The normalized spacial score (nSPS) is 14.8. The highest BCUT2D eigenvalue weighted by atomic mass is 35.5. The number of hydrogen-bond acceptors (Lipinski definition) is 5. The van der Waals surface area contributed by atoms with Gasteiger partial charge in [0.05, 0.1) is 5.56 Å². The summed E-state index contributed by atoms with van der Waals surface area (Å²) in [6, 6.07) is 17.1. The average molecular weight is 516 g/mol. The van der Waals surface area contributed by atoms with Crippen molar-refractivity contribution in [3.05, 3.63) is 76.9 Å². The fourth-order valence-corrected chi connectivity index (χ4v) is 5.90. The zero-order valence-corrected chi connectivity index (χ0v) is 21.5. The first kappa shape index (κ1) is 25.2. The molecule has 0 N–H and O–H groups in total. The van der Waals surface area contributed by atoms with Gasteiger partial charge in [-0.25, -0.2) is 8.42 Å². The molecule has 0 bridgehead atoms. The number of aryl methyl sites for hydroxylation is 1. The topological polar surface area (TPSA) is 78.8 Å². The van der Waals surface area contributed by atoms with Gasteiger partial charge in [-0.2, -0.15) is 9.40 Å². The summed E-state index contributed by atoms with van der Waals surface area (Å²) in [5, 5.41) is 4.82. The van der Waals surface area contributed by atoms with Crippen LogP contribution in [0.2, 0.25) is 5.02 Å². The molecule has 2 aromatic carbocycles. The lowest BCUT2D eigenvalue weighted by atomic mass is 10.2. The number of halogens is 1. The maximum absolute atomic E-state index is 13.6. The zero-order chi connectivity index (χ0) is 25.0. The second-order valence-corrected chi connectivity index (χ2v) is 10.9. The molecule has 1 saturated heterocycles. The van der Waals surface area contributed by atoms with Crippen molar-refractivity contribution in [3.8, 4) is 0 Å². The van der Waals surface area contributed by atoms with Gasteiger partial charge in [0.15, 0.2) is 0 Å². The quantitative estimate of drug-likeness (QED) is 0.457. The number of nitrogens with zero attached hydrogens (tertiary/aromatic N) is 5. The third kappa shape index (κ3) is 5.69. The Balaban J connectivity index is 1.55. The van der Waals surface area contributed by atoms with Gasteiger partial charge in [0, 0.05) is 63.2 Å². The molecule has 1 amide bonds. The lowest BCUT2D eigenvalue weighted by Gasteiger charge is -2.35. The fourth-order valence-electron chi connectivity index (χ4n) is 4.20. The van der Waals surface area contributed by atoms with Gasteiger partial charge >= 0.3 is 0 Å². The molecule has 186 valence electrons. The van der Waals surface area contributed by atoms with E-state index in [1.54, 1.807) is 17.9 Å². The van der Waals surface area contributed by atoms with E-state index in [2.05, 4.69) is 10.00 Å². The maximum atomic E-state index is 13.6. The Labute approximate surface area is 211 Å². The van der Waals surface area contributed by atoms with E-state index < -0.39 is 10.0 Å². The predicted molar refractivity (Wildman–Crippen MR) is 137 cm³/mol. The molecule has 0 unspecified atom stereocenters. The van der Waals surface area contributed by atoms with Gasteiger partial charge in [0.25, 0.3) is 15.9 Å². The van der Waals surface area contributed by atoms with Crippen LogP contribution < -0.4 is 4.90 Å². The third-order valence-corrected chi connectivity index (χ3v) is 8.09. The SMILES string of the molecule is CCCn1cc(C(=O)N(C)Cc2ccccc2)c(S(=O)(=O)N2CCN(c3cccc(Cl)c3)CC2)n1. The van der Waals surface area contributed by atoms with Crippen LogP contribution in [0.15, 0.2) is 65.8 Å². The van der Waals surface area contributed by atoms with Crippen LogP contribution in [0.5, 0.6) is 0 Å². The van der Waals surface area contributed by atoms with E-state index in [9.17, 15) is 13.2 Å². The number of hydrogen-bond donors (Lipinski definition) is 0. The smallest absolute Gasteiger partial charge is 0.263 e. The first-order valence-corrected chi connectivity index (χ1v) is 13.5. The first-order chi connectivity index (χ1) is 16.8. The molecular weight excluding hydrogens is 486 g/mol. The molecule has 8 nitrogen and oxygen atoms in total. The highest BCUT2D eigenvalue weighted by Crippen LogP contribution is 2.25. The number of aromatic nitrogens is 2. The van der Waals surface area contributed by atoms with Crippen molar-refractivity contribution < 1.29 is 13.2 Å². The van der Waals surface area contributed by atoms with E-state index in [-0.39, 0.29) is 16.5 Å². The Morgan fingerprint density at radius 2 is 1.77 bits per heavy atom. The summed E-state index contributed by atoms with van der Waals surface area (Å²) in [5.41, 5.74) is 2.03. The Hall–Kier alpha value is -2.88. The molecule has 0 spiro atoms. The minimum Gasteiger partial charge on any atom is -0.369 e. The van der Waals surface area contributed by atoms with Gasteiger partial charge in [0.2, 0.25) is 5.03 Å². The lowest BCUT2D eigenvalue weighted by molar-refractivity contribution is 0.0781. The first-order valence-electron chi connectivity index (χ1n) is 11.7. The summed E-state index contributed by atoms with van der Waals surface area (Å²) in [6.45, 7) is 4.51. The molecule has 1 fully saturated rings. The number of benzene rings is 2. The van der Waals surface area contributed by atoms with Crippen molar-refractivity contribution in [3.63, 3.8) is 0 Å². The highest BCUT2D eigenvalue weighted by Gasteiger charge is 2.35. The summed E-state index contributed by atoms with van der Waals surface area (Å²) >= 11 is 6.12. The Morgan fingerprint density at radius 3 is 2.43 bits per heavy atom. The summed E-state index contributed by atoms with van der Waals surface area (Å²) in [6.07, 6.45) is 2.33. The monoisotopic (exact) mass is 515 g/mol. The summed E-state index contributed by atoms with van der Waals surface area (Å²) in [5.74, 6) is -0.368. The Kier molecular flexibility index (Phi) is 7.78. The molecule has 0 saturated carbocycles. The van der Waals surface area contributed by atoms with E-state index in [0.29, 0.717) is 44.3 Å². The third-order valence-electron chi connectivity index (χ3n) is 6.02. The van der Waals surface area contributed by atoms with Crippen LogP contribution in [-0.4, -0.2) is 66.5 Å². The predicted octanol–water partition coefficient (Wildman–Crippen LogP) is 3.73. The Morgan fingerprint density at radius 1 is 1.06 bits per heavy atom. The molecular formula is C25H30ClN5O3S. The number of piperazine rings is 1. The van der Waals surface area contributed by atoms with E-state index >= 15 is 0 Å². The lowest BCUT2D eigenvalue weighted by Crippen LogP contribution is -2.49. The van der Waals surface area contributed by atoms with Gasteiger partial charge in [0.1, 0.15) is 0 Å². The molecule has 35 heavy (non-hydrogen) atoms. The number of carbonyl (C=O) groups is 1. The minimum atomic E-state index is -3.95. The maximum Gasteiger partial charge on any atom is 0.263 e. The van der Waals surface area contributed by atoms with Gasteiger partial charge in [-0.1, -0.05) is 54.9 Å². The van der Waals surface area contributed by atoms with Gasteiger partial charge in [-0.05, 0) is 30.2 Å². The van der Waals surface area contributed by atoms with Crippen LogP contribution in [0.25, 0.3) is 0 Å². The minimum absolute atomic E-state index is 0.106. The van der Waals surface area contributed by atoms with Crippen LogP contribution >= 0.6 is 11.6 Å². The Bertz CT molecular complexity index is 1270. The van der Waals surface area contributed by atoms with E-state index in [1.165, 1.54) is 9.21 Å². The molecule has 0 atom stereocenters. The van der Waals surface area contributed by atoms with Gasteiger partial charge in [-0.3, -0.25) is 9.48 Å². The van der Waals surface area contributed by atoms with Gasteiger partial charge in [-0.15, -0.1) is 0 Å². The highest BCUT2D eigenvalue weighted by molar-refractivity contribution is 7.89. The molecule has 2 heterocycles. The summed E-state index contributed by atoms with van der Waals surface area (Å²) < 4.78 is 30.3. The van der Waals surface area contributed by atoms with Crippen molar-refractivity contribution in [2.24, 2.45) is 0 Å². The molecule has 1 aliphatic rings. The molecule has 0 aliphatic carbocycles. The van der Waals surface area contributed by atoms with Crippen LogP contribution in [0.4, 0.5) is 5.69 Å². The number of sulfonamides is 1. The van der Waals surface area contributed by atoms with E-state index in [1.807, 2.05) is 61.5 Å². The van der Waals surface area contributed by atoms with Crippen molar-refractivity contribution >= 4 is 33.2 Å². The van der Waals surface area contributed by atoms with Crippen molar-refractivity contribution in [2.75, 3.05) is 38.1 Å². The van der Waals surface area contributed by atoms with Crippen molar-refractivity contribution in [2.45, 2.75) is 31.5 Å². The zero-order valence-electron chi connectivity index (χ0n) is 20.0. The molecule has 1 aliphatic heterocycles. The second-order valence-electron chi connectivity index (χ2n) is 8.63. The van der Waals surface area contributed by atoms with Crippen LogP contribution in [-0.2, 0) is 23.1 Å². The van der Waals surface area contributed by atoms with Crippen LogP contribution in [0.1, 0.15) is 29.3 Å². The summed E-state index contributed by atoms with van der Waals surface area (Å²) in [4.78, 5) is 17.0. The summed E-state index contributed by atoms with van der Waals surface area (Å²) in [7, 11) is -2.28. The molecule has 4 rings (SSSR count). The number of amides is 1. The van der Waals surface area contributed by atoms with Crippen molar-refractivity contribution in [1.82, 2.24) is 19.0 Å². The molecule has 0 radical (unpaired) electrons. The van der Waals surface area contributed by atoms with E-state index in [0.717, 1.165) is 17.7 Å². The number of rotatable bonds is 8. The van der Waals surface area contributed by atoms with Crippen LogP contribution in [0.3, 0.4) is 0 Å². The average Bonchev–Trinajstić information content (AvgIpc) is 3.29. The standard InChI is InChI=1S/C25H30ClN5O3S/c1-3-12-30-19-23(25(32)28(2)18-20-8-5-4-6-9-20)24(27-30)35(33,34)31-15-13-29(14-16-31)22-11-7-10-21(26)17-22/h4-11,17,19H,3,12-16,18H2,1-2H3. The van der Waals surface area contributed by atoms with Gasteiger partial charge < -0.3 is 9.80 Å². The number of anilines is 1. The molecule has 3 aromatic rings. The van der Waals surface area contributed by atoms with Crippen LogP contribution in [0, 0.1) is 0 Å². The molecule has 10 heteroatoms. The van der Waals surface area contributed by atoms with E-state index in [4.69, 9.17) is 11.6 Å². The number of carbonyl (C=O) groups excluding carboxylic acids is 1. The second kappa shape index (κ2) is 10.8.